The van der Waals surface area contributed by atoms with E-state index in [-0.39, 0.29) is 0 Å². The molecule has 150 valence electrons. The number of nitrogens with zero attached hydrogens (tertiary/aromatic N) is 1. The van der Waals surface area contributed by atoms with Crippen molar-refractivity contribution in [2.45, 2.75) is 52.4 Å². The van der Waals surface area contributed by atoms with Crippen LogP contribution in [0.2, 0.25) is 0 Å². The molecule has 1 saturated heterocycles. The van der Waals surface area contributed by atoms with Crippen LogP contribution in [-0.4, -0.2) is 62.9 Å². The predicted octanol–water partition coefficient (Wildman–Crippen LogP) is 2.96. The molecule has 6 heteroatoms. The smallest absolute Gasteiger partial charge is 0.331 e. The molecule has 1 aliphatic rings. The number of carbonyl (C=O) groups is 2. The molecule has 1 heterocycles. The highest BCUT2D eigenvalue weighted by Gasteiger charge is 2.09. The molecule has 1 aliphatic heterocycles. The molecule has 1 unspecified atom stereocenters. The Hall–Kier alpha value is -1.40. The molecule has 0 bridgehead atoms. The third-order valence-electron chi connectivity index (χ3n) is 4.36. The molecule has 0 amide bonds. The third-order valence-corrected chi connectivity index (χ3v) is 4.36. The normalized spacial score (nSPS) is 16.5. The fourth-order valence-corrected chi connectivity index (χ4v) is 2.82. The first-order valence-corrected chi connectivity index (χ1v) is 9.93. The Morgan fingerprint density at radius 1 is 1.04 bits per heavy atom. The summed E-state index contributed by atoms with van der Waals surface area (Å²) in [5.74, 6) is -0.641. The SMILES string of the molecule is CCCC(C)COC(=O)/C=C/C(=O)OCCCCCCN1CCOCC1. The first-order chi connectivity index (χ1) is 12.6. The van der Waals surface area contributed by atoms with Gasteiger partial charge >= 0.3 is 11.9 Å². The minimum absolute atomic E-state index is 0.340. The minimum Gasteiger partial charge on any atom is -0.463 e. The highest BCUT2D eigenvalue weighted by atomic mass is 16.5. The van der Waals surface area contributed by atoms with Crippen molar-refractivity contribution in [3.8, 4) is 0 Å². The summed E-state index contributed by atoms with van der Waals surface area (Å²) < 4.78 is 15.5. The highest BCUT2D eigenvalue weighted by molar-refractivity contribution is 5.91. The van der Waals surface area contributed by atoms with Crippen molar-refractivity contribution < 1.29 is 23.8 Å². The van der Waals surface area contributed by atoms with Crippen molar-refractivity contribution in [1.29, 1.82) is 0 Å². The number of esters is 2. The van der Waals surface area contributed by atoms with Crippen LogP contribution < -0.4 is 0 Å². The molecule has 1 fully saturated rings. The zero-order valence-electron chi connectivity index (χ0n) is 16.4. The van der Waals surface area contributed by atoms with Crippen LogP contribution in [0.5, 0.6) is 0 Å². The van der Waals surface area contributed by atoms with Gasteiger partial charge in [-0.2, -0.15) is 0 Å². The second kappa shape index (κ2) is 14.7. The Morgan fingerprint density at radius 2 is 1.69 bits per heavy atom. The summed E-state index contributed by atoms with van der Waals surface area (Å²) >= 11 is 0. The van der Waals surface area contributed by atoms with Gasteiger partial charge in [-0.25, -0.2) is 9.59 Å². The largest absolute Gasteiger partial charge is 0.463 e. The first kappa shape index (κ1) is 22.6. The number of unbranched alkanes of at least 4 members (excludes halogenated alkanes) is 3. The quantitative estimate of drug-likeness (QED) is 0.282. The van der Waals surface area contributed by atoms with Gasteiger partial charge in [0.05, 0.1) is 26.4 Å². The maximum Gasteiger partial charge on any atom is 0.331 e. The van der Waals surface area contributed by atoms with E-state index in [0.717, 1.165) is 83.5 Å². The average molecular weight is 370 g/mol. The van der Waals surface area contributed by atoms with Crippen molar-refractivity contribution in [1.82, 2.24) is 4.90 Å². The lowest BCUT2D eigenvalue weighted by Crippen LogP contribution is -2.36. The van der Waals surface area contributed by atoms with Gasteiger partial charge in [0, 0.05) is 25.2 Å². The van der Waals surface area contributed by atoms with E-state index in [1.165, 1.54) is 0 Å². The Morgan fingerprint density at radius 3 is 2.38 bits per heavy atom. The van der Waals surface area contributed by atoms with Crippen molar-refractivity contribution in [3.05, 3.63) is 12.2 Å². The van der Waals surface area contributed by atoms with E-state index in [9.17, 15) is 9.59 Å². The zero-order chi connectivity index (χ0) is 19.0. The summed E-state index contributed by atoms with van der Waals surface area (Å²) in [6.45, 7) is 9.77. The summed E-state index contributed by atoms with van der Waals surface area (Å²) in [7, 11) is 0. The summed E-state index contributed by atoms with van der Waals surface area (Å²) in [4.78, 5) is 25.5. The summed E-state index contributed by atoms with van der Waals surface area (Å²) in [5, 5.41) is 0. The molecule has 26 heavy (non-hydrogen) atoms. The Bertz CT molecular complexity index is 418. The molecule has 1 rings (SSSR count). The van der Waals surface area contributed by atoms with E-state index < -0.39 is 11.9 Å². The van der Waals surface area contributed by atoms with E-state index >= 15 is 0 Å². The number of ether oxygens (including phenoxy) is 3. The van der Waals surface area contributed by atoms with Crippen LogP contribution in [0, 0.1) is 5.92 Å². The van der Waals surface area contributed by atoms with Crippen molar-refractivity contribution >= 4 is 11.9 Å². The molecular formula is C20H35NO5. The summed E-state index contributed by atoms with van der Waals surface area (Å²) in [6.07, 6.45) is 8.55. The lowest BCUT2D eigenvalue weighted by Gasteiger charge is -2.26. The summed E-state index contributed by atoms with van der Waals surface area (Å²) in [6, 6.07) is 0. The molecule has 0 spiro atoms. The van der Waals surface area contributed by atoms with Crippen LogP contribution in [0.15, 0.2) is 12.2 Å². The molecule has 0 aromatic heterocycles. The number of morpholine rings is 1. The van der Waals surface area contributed by atoms with Crippen LogP contribution in [-0.2, 0) is 23.8 Å². The van der Waals surface area contributed by atoms with E-state index in [4.69, 9.17) is 14.2 Å². The number of carbonyl (C=O) groups excluding carboxylic acids is 2. The number of rotatable bonds is 13. The van der Waals surface area contributed by atoms with Crippen LogP contribution in [0.1, 0.15) is 52.4 Å². The van der Waals surface area contributed by atoms with Gasteiger partial charge < -0.3 is 14.2 Å². The topological polar surface area (TPSA) is 65.1 Å². The fraction of sp³-hybridized carbons (Fsp3) is 0.800. The fourth-order valence-electron chi connectivity index (χ4n) is 2.82. The first-order valence-electron chi connectivity index (χ1n) is 9.93. The molecule has 0 N–H and O–H groups in total. The van der Waals surface area contributed by atoms with Crippen LogP contribution >= 0.6 is 0 Å². The van der Waals surface area contributed by atoms with Gasteiger partial charge in [-0.05, 0) is 31.7 Å². The van der Waals surface area contributed by atoms with Gasteiger partial charge in [-0.15, -0.1) is 0 Å². The van der Waals surface area contributed by atoms with Crippen LogP contribution in [0.25, 0.3) is 0 Å². The van der Waals surface area contributed by atoms with Gasteiger partial charge in [-0.1, -0.05) is 33.1 Å². The predicted molar refractivity (Wildman–Crippen MR) is 101 cm³/mol. The zero-order valence-corrected chi connectivity index (χ0v) is 16.4. The van der Waals surface area contributed by atoms with Crippen molar-refractivity contribution in [3.63, 3.8) is 0 Å². The van der Waals surface area contributed by atoms with E-state index in [1.54, 1.807) is 0 Å². The molecular weight excluding hydrogens is 334 g/mol. The molecule has 0 radical (unpaired) electrons. The molecule has 0 aromatic rings. The molecule has 6 nitrogen and oxygen atoms in total. The monoisotopic (exact) mass is 369 g/mol. The number of hydrogen-bond donors (Lipinski definition) is 0. The van der Waals surface area contributed by atoms with Crippen molar-refractivity contribution in [2.75, 3.05) is 46.1 Å². The van der Waals surface area contributed by atoms with Gasteiger partial charge in [-0.3, -0.25) is 4.90 Å². The van der Waals surface area contributed by atoms with Gasteiger partial charge in [0.2, 0.25) is 0 Å². The summed E-state index contributed by atoms with van der Waals surface area (Å²) in [5.41, 5.74) is 0. The van der Waals surface area contributed by atoms with E-state index in [1.807, 2.05) is 6.92 Å². The number of hydrogen-bond acceptors (Lipinski definition) is 6. The Balaban J connectivity index is 1.96. The average Bonchev–Trinajstić information content (AvgIpc) is 2.65. The third kappa shape index (κ3) is 12.0. The van der Waals surface area contributed by atoms with E-state index in [2.05, 4.69) is 11.8 Å². The molecule has 0 aliphatic carbocycles. The van der Waals surface area contributed by atoms with Gasteiger partial charge in [0.1, 0.15) is 0 Å². The van der Waals surface area contributed by atoms with Crippen molar-refractivity contribution in [2.24, 2.45) is 5.92 Å². The molecule has 1 atom stereocenters. The van der Waals surface area contributed by atoms with E-state index in [0.29, 0.717) is 19.1 Å². The Kier molecular flexibility index (Phi) is 12.8. The standard InChI is InChI=1S/C20H35NO5/c1-3-8-18(2)17-26-20(23)10-9-19(22)25-14-7-5-4-6-11-21-12-15-24-16-13-21/h9-10,18H,3-8,11-17H2,1-2H3/b10-9+. The highest BCUT2D eigenvalue weighted by Crippen LogP contribution is 2.06. The maximum atomic E-state index is 11.5. The second-order valence-electron chi connectivity index (χ2n) is 6.89. The lowest BCUT2D eigenvalue weighted by atomic mass is 10.1. The lowest BCUT2D eigenvalue weighted by molar-refractivity contribution is -0.141. The Labute approximate surface area is 157 Å². The second-order valence-corrected chi connectivity index (χ2v) is 6.89. The maximum absolute atomic E-state index is 11.5. The molecule has 0 saturated carbocycles. The minimum atomic E-state index is -0.493. The van der Waals surface area contributed by atoms with Gasteiger partial charge in [0.15, 0.2) is 0 Å². The van der Waals surface area contributed by atoms with Crippen LogP contribution in [0.4, 0.5) is 0 Å². The molecule has 0 aromatic carbocycles. The van der Waals surface area contributed by atoms with Gasteiger partial charge in [0.25, 0.3) is 0 Å². The van der Waals surface area contributed by atoms with Crippen LogP contribution in [0.3, 0.4) is 0 Å².